The molecule has 0 aliphatic carbocycles. The Bertz CT molecular complexity index is 862. The largest absolute Gasteiger partial charge is 0.291 e. The standard InChI is InChI=1S/C15H15ClN4O/c1-8-14(9(2)19-18-8)10(3)20-7-17-13-6-11(16)4-5-12(13)15(20)21/h4-7,10H,1-3H3,(H,18,19)/t10-/m0/s1. The third-order valence-corrected chi connectivity index (χ3v) is 4.00. The van der Waals surface area contributed by atoms with E-state index in [0.29, 0.717) is 15.9 Å². The zero-order valence-corrected chi connectivity index (χ0v) is 12.8. The maximum Gasteiger partial charge on any atom is 0.261 e. The molecule has 6 heteroatoms. The number of aromatic nitrogens is 4. The molecule has 0 unspecified atom stereocenters. The van der Waals surface area contributed by atoms with Crippen LogP contribution in [0, 0.1) is 13.8 Å². The van der Waals surface area contributed by atoms with Crippen LogP contribution in [-0.2, 0) is 0 Å². The van der Waals surface area contributed by atoms with Crippen molar-refractivity contribution in [2.24, 2.45) is 0 Å². The van der Waals surface area contributed by atoms with Crippen LogP contribution in [0.15, 0.2) is 29.3 Å². The van der Waals surface area contributed by atoms with Crippen molar-refractivity contribution in [1.82, 2.24) is 19.7 Å². The molecule has 3 aromatic rings. The smallest absolute Gasteiger partial charge is 0.261 e. The number of aromatic amines is 1. The van der Waals surface area contributed by atoms with Gasteiger partial charge >= 0.3 is 0 Å². The average Bonchev–Trinajstić information content (AvgIpc) is 2.77. The lowest BCUT2D eigenvalue weighted by molar-refractivity contribution is 0.603. The third kappa shape index (κ3) is 2.23. The van der Waals surface area contributed by atoms with Gasteiger partial charge in [0, 0.05) is 16.3 Å². The number of hydrogen-bond donors (Lipinski definition) is 1. The first-order valence-electron chi connectivity index (χ1n) is 6.67. The van der Waals surface area contributed by atoms with E-state index >= 15 is 0 Å². The summed E-state index contributed by atoms with van der Waals surface area (Å²) in [5, 5.41) is 8.27. The molecule has 0 aliphatic rings. The van der Waals surface area contributed by atoms with Crippen molar-refractivity contribution >= 4 is 22.5 Å². The van der Waals surface area contributed by atoms with Crippen molar-refractivity contribution in [3.63, 3.8) is 0 Å². The number of benzene rings is 1. The highest BCUT2D eigenvalue weighted by molar-refractivity contribution is 6.31. The van der Waals surface area contributed by atoms with E-state index in [1.165, 1.54) is 0 Å². The second kappa shape index (κ2) is 5.00. The van der Waals surface area contributed by atoms with Crippen LogP contribution in [0.2, 0.25) is 5.02 Å². The highest BCUT2D eigenvalue weighted by Gasteiger charge is 2.18. The normalized spacial score (nSPS) is 12.8. The van der Waals surface area contributed by atoms with Gasteiger partial charge in [0.25, 0.3) is 5.56 Å². The second-order valence-corrected chi connectivity index (χ2v) is 5.58. The van der Waals surface area contributed by atoms with Crippen LogP contribution in [0.1, 0.15) is 29.9 Å². The maximum absolute atomic E-state index is 12.6. The third-order valence-electron chi connectivity index (χ3n) is 3.77. The molecule has 21 heavy (non-hydrogen) atoms. The quantitative estimate of drug-likeness (QED) is 0.791. The van der Waals surface area contributed by atoms with E-state index in [0.717, 1.165) is 17.0 Å². The minimum atomic E-state index is -0.135. The molecule has 0 fully saturated rings. The second-order valence-electron chi connectivity index (χ2n) is 5.14. The number of nitrogens with one attached hydrogen (secondary N) is 1. The van der Waals surface area contributed by atoms with Crippen molar-refractivity contribution < 1.29 is 0 Å². The molecule has 0 saturated carbocycles. The predicted octanol–water partition coefficient (Wildman–Crippen LogP) is 3.00. The van der Waals surface area contributed by atoms with Gasteiger partial charge in [-0.2, -0.15) is 5.10 Å². The van der Waals surface area contributed by atoms with Crippen LogP contribution < -0.4 is 5.56 Å². The van der Waals surface area contributed by atoms with Gasteiger partial charge in [0.1, 0.15) is 0 Å². The van der Waals surface area contributed by atoms with Crippen LogP contribution in [-0.4, -0.2) is 19.7 Å². The Hall–Kier alpha value is -2.14. The fourth-order valence-corrected chi connectivity index (χ4v) is 2.86. The lowest BCUT2D eigenvalue weighted by Gasteiger charge is -2.16. The summed E-state index contributed by atoms with van der Waals surface area (Å²) in [7, 11) is 0. The molecule has 108 valence electrons. The van der Waals surface area contributed by atoms with E-state index in [-0.39, 0.29) is 11.6 Å². The molecule has 0 amide bonds. The van der Waals surface area contributed by atoms with Crippen LogP contribution in [0.4, 0.5) is 0 Å². The molecule has 2 heterocycles. The molecule has 0 radical (unpaired) electrons. The van der Waals surface area contributed by atoms with Crippen molar-refractivity contribution in [2.45, 2.75) is 26.8 Å². The summed E-state index contributed by atoms with van der Waals surface area (Å²) in [6.07, 6.45) is 1.57. The molecule has 5 nitrogen and oxygen atoms in total. The van der Waals surface area contributed by atoms with Crippen LogP contribution >= 0.6 is 11.6 Å². The van der Waals surface area contributed by atoms with Gasteiger partial charge in [0.15, 0.2) is 0 Å². The Morgan fingerprint density at radius 3 is 2.76 bits per heavy atom. The first-order valence-corrected chi connectivity index (χ1v) is 7.04. The van der Waals surface area contributed by atoms with Gasteiger partial charge in [-0.05, 0) is 39.0 Å². The Kier molecular flexibility index (Phi) is 3.29. The van der Waals surface area contributed by atoms with E-state index in [4.69, 9.17) is 11.6 Å². The maximum atomic E-state index is 12.6. The van der Waals surface area contributed by atoms with Gasteiger partial charge in [-0.15, -0.1) is 0 Å². The van der Waals surface area contributed by atoms with E-state index in [1.54, 1.807) is 29.1 Å². The van der Waals surface area contributed by atoms with Crippen LogP contribution in [0.5, 0.6) is 0 Å². The molecule has 1 atom stereocenters. The van der Waals surface area contributed by atoms with Crippen LogP contribution in [0.25, 0.3) is 10.9 Å². The van der Waals surface area contributed by atoms with E-state index < -0.39 is 0 Å². The highest BCUT2D eigenvalue weighted by atomic mass is 35.5. The molecular weight excluding hydrogens is 288 g/mol. The molecule has 0 aliphatic heterocycles. The number of fused-ring (bicyclic) bond motifs is 1. The number of nitrogens with zero attached hydrogens (tertiary/aromatic N) is 3. The molecular formula is C15H15ClN4O. The van der Waals surface area contributed by atoms with E-state index in [9.17, 15) is 4.79 Å². The zero-order chi connectivity index (χ0) is 15.1. The molecule has 0 saturated heterocycles. The molecule has 2 aromatic heterocycles. The van der Waals surface area contributed by atoms with Gasteiger partial charge in [0.2, 0.25) is 0 Å². The number of hydrogen-bond acceptors (Lipinski definition) is 3. The fourth-order valence-electron chi connectivity index (χ4n) is 2.70. The molecule has 1 aromatic carbocycles. The Morgan fingerprint density at radius 2 is 2.10 bits per heavy atom. The van der Waals surface area contributed by atoms with Crippen molar-refractivity contribution in [3.05, 3.63) is 56.9 Å². The fraction of sp³-hybridized carbons (Fsp3) is 0.267. The van der Waals surface area contributed by atoms with Gasteiger partial charge in [0.05, 0.1) is 29.0 Å². The predicted molar refractivity (Wildman–Crippen MR) is 82.9 cm³/mol. The van der Waals surface area contributed by atoms with Gasteiger partial charge in [-0.3, -0.25) is 14.5 Å². The van der Waals surface area contributed by atoms with Gasteiger partial charge in [-0.1, -0.05) is 11.6 Å². The van der Waals surface area contributed by atoms with Gasteiger partial charge in [-0.25, -0.2) is 4.98 Å². The van der Waals surface area contributed by atoms with Crippen molar-refractivity contribution in [3.8, 4) is 0 Å². The lowest BCUT2D eigenvalue weighted by atomic mass is 10.1. The molecule has 0 bridgehead atoms. The Balaban J connectivity index is 2.20. The summed E-state index contributed by atoms with van der Waals surface area (Å²) in [5.41, 5.74) is 3.40. The minimum Gasteiger partial charge on any atom is -0.291 e. The Morgan fingerprint density at radius 1 is 1.33 bits per heavy atom. The van der Waals surface area contributed by atoms with Gasteiger partial charge < -0.3 is 0 Å². The lowest BCUT2D eigenvalue weighted by Crippen LogP contribution is -2.25. The van der Waals surface area contributed by atoms with Crippen LogP contribution in [0.3, 0.4) is 0 Å². The first kappa shape index (κ1) is 13.8. The first-order chi connectivity index (χ1) is 9.99. The van der Waals surface area contributed by atoms with E-state index in [1.807, 2.05) is 20.8 Å². The summed E-state index contributed by atoms with van der Waals surface area (Å²) >= 11 is 5.93. The van der Waals surface area contributed by atoms with Crippen molar-refractivity contribution in [2.75, 3.05) is 0 Å². The summed E-state index contributed by atoms with van der Waals surface area (Å²) < 4.78 is 1.63. The summed E-state index contributed by atoms with van der Waals surface area (Å²) in [6, 6.07) is 4.98. The SMILES string of the molecule is Cc1n[nH]c(C)c1[C@H](C)n1cnc2cc(Cl)ccc2c1=O. The average molecular weight is 303 g/mol. The van der Waals surface area contributed by atoms with Crippen molar-refractivity contribution in [1.29, 1.82) is 0 Å². The molecule has 0 spiro atoms. The number of rotatable bonds is 2. The number of halogens is 1. The monoisotopic (exact) mass is 302 g/mol. The number of aryl methyl sites for hydroxylation is 2. The summed E-state index contributed by atoms with van der Waals surface area (Å²) in [4.78, 5) is 17.0. The molecule has 3 rings (SSSR count). The topological polar surface area (TPSA) is 63.6 Å². The molecule has 1 N–H and O–H groups in total. The summed E-state index contributed by atoms with van der Waals surface area (Å²) in [5.74, 6) is 0. The minimum absolute atomic E-state index is 0.0795. The van der Waals surface area contributed by atoms with E-state index in [2.05, 4.69) is 15.2 Å². The zero-order valence-electron chi connectivity index (χ0n) is 12.0. The Labute approximate surface area is 126 Å². The highest BCUT2D eigenvalue weighted by Crippen LogP contribution is 2.22. The number of H-pyrrole nitrogens is 1. The summed E-state index contributed by atoms with van der Waals surface area (Å²) in [6.45, 7) is 5.84.